The van der Waals surface area contributed by atoms with E-state index in [9.17, 15) is 14.2 Å². The largest absolute Gasteiger partial charge is 0.492 e. The highest BCUT2D eigenvalue weighted by Gasteiger charge is 2.33. The van der Waals surface area contributed by atoms with Gasteiger partial charge in [-0.25, -0.2) is 23.1 Å². The first kappa shape index (κ1) is 48.2. The van der Waals surface area contributed by atoms with Gasteiger partial charge in [0.25, 0.3) is 0 Å². The van der Waals surface area contributed by atoms with Gasteiger partial charge < -0.3 is 29.7 Å². The van der Waals surface area contributed by atoms with Gasteiger partial charge in [0.05, 0.1) is 30.1 Å². The van der Waals surface area contributed by atoms with E-state index in [4.69, 9.17) is 16.3 Å². The van der Waals surface area contributed by atoms with Crippen LogP contribution in [-0.2, 0) is 33.4 Å². The predicted molar refractivity (Wildman–Crippen MR) is 259 cm³/mol. The lowest BCUT2D eigenvalue weighted by Crippen LogP contribution is -2.53. The summed E-state index contributed by atoms with van der Waals surface area (Å²) in [6.07, 6.45) is 5.51. The van der Waals surface area contributed by atoms with Gasteiger partial charge in [-0.3, -0.25) is 19.8 Å². The zero-order valence-electron chi connectivity index (χ0n) is 38.7. The number of benzene rings is 3. The number of nitrogens with zero attached hydrogens (tertiary/aromatic N) is 6. The molecule has 8 rings (SSSR count). The van der Waals surface area contributed by atoms with E-state index in [0.717, 1.165) is 75.5 Å². The minimum absolute atomic E-state index is 0.0558. The van der Waals surface area contributed by atoms with Gasteiger partial charge >= 0.3 is 0 Å². The van der Waals surface area contributed by atoms with Crippen molar-refractivity contribution in [3.63, 3.8) is 0 Å². The number of piperidine rings is 2. The van der Waals surface area contributed by atoms with E-state index in [0.29, 0.717) is 59.7 Å². The van der Waals surface area contributed by atoms with Crippen molar-refractivity contribution in [1.82, 2.24) is 30.1 Å². The highest BCUT2D eigenvalue weighted by Crippen LogP contribution is 2.43. The van der Waals surface area contributed by atoms with E-state index in [1.807, 2.05) is 19.9 Å². The molecule has 356 valence electrons. The number of halogens is 4. The van der Waals surface area contributed by atoms with Crippen molar-refractivity contribution in [2.45, 2.75) is 77.7 Å². The van der Waals surface area contributed by atoms with Crippen LogP contribution in [0.3, 0.4) is 0 Å². The minimum atomic E-state index is -2.96. The summed E-state index contributed by atoms with van der Waals surface area (Å²) in [6, 6.07) is 12.1. The van der Waals surface area contributed by atoms with Crippen molar-refractivity contribution < 1.29 is 32.1 Å². The lowest BCUT2D eigenvalue weighted by Gasteiger charge is -2.43. The monoisotopic (exact) mass is 959 g/mol. The molecular formula is C49H58ClF3N9O4P. The van der Waals surface area contributed by atoms with E-state index < -0.39 is 42.3 Å². The third-order valence-electron chi connectivity index (χ3n) is 13.1. The number of ether oxygens (including phenoxy) is 1. The van der Waals surface area contributed by atoms with Crippen LogP contribution in [0, 0.1) is 17.5 Å². The van der Waals surface area contributed by atoms with Crippen molar-refractivity contribution in [2.24, 2.45) is 0 Å². The van der Waals surface area contributed by atoms with E-state index in [1.54, 1.807) is 19.4 Å². The fourth-order valence-electron chi connectivity index (χ4n) is 9.67. The van der Waals surface area contributed by atoms with Gasteiger partial charge in [0.15, 0.2) is 11.6 Å². The maximum Gasteiger partial charge on any atom is 0.234 e. The average molecular weight is 960 g/mol. The molecule has 1 atom stereocenters. The van der Waals surface area contributed by atoms with Crippen LogP contribution in [0.2, 0.25) is 5.02 Å². The number of aryl methyl sites for hydroxylation is 2. The van der Waals surface area contributed by atoms with E-state index in [1.165, 1.54) is 24.4 Å². The Morgan fingerprint density at radius 3 is 2.25 bits per heavy atom. The van der Waals surface area contributed by atoms with Crippen LogP contribution >= 0.6 is 18.7 Å². The van der Waals surface area contributed by atoms with Crippen LogP contribution in [0.1, 0.15) is 74.8 Å². The topological polar surface area (TPSA) is 145 Å². The van der Waals surface area contributed by atoms with Crippen LogP contribution in [0.15, 0.2) is 48.7 Å². The van der Waals surface area contributed by atoms with Crippen molar-refractivity contribution in [3.05, 3.63) is 93.5 Å². The van der Waals surface area contributed by atoms with Gasteiger partial charge in [-0.05, 0) is 94.2 Å². The number of hydrogen-bond acceptors (Lipinski definition) is 12. The first-order valence-corrected chi connectivity index (χ1v) is 26.2. The normalized spacial score (nSPS) is 17.8. The number of aromatic nitrogens is 3. The molecule has 0 aliphatic carbocycles. The highest BCUT2D eigenvalue weighted by molar-refractivity contribution is 7.71. The molecule has 13 nitrogen and oxygen atoms in total. The molecule has 5 heterocycles. The Bertz CT molecular complexity index is 2700. The number of carbonyl (C=O) groups is 2. The predicted octanol–water partition coefficient (Wildman–Crippen LogP) is 8.70. The second-order valence-corrected chi connectivity index (χ2v) is 21.4. The number of amides is 2. The van der Waals surface area contributed by atoms with Crippen molar-refractivity contribution >= 4 is 75.6 Å². The number of carbonyl (C=O) groups excluding carboxylic acids is 2. The van der Waals surface area contributed by atoms with Crippen LogP contribution < -0.4 is 30.9 Å². The molecular weight excluding hydrogens is 902 g/mol. The standard InChI is InChI=1S/C49H58ClF3N9O4P/c1-6-30-25-39(57-49-54-28-35(50)47(59-49)56-40-26-38(53)45-34(46(40)67(4,5)65)10-9-31(7-2)55-45)42(66-8-3)27-41(30)62-17-14-32(15-18-62)61-21-19-60(20-22-61)16-13-29-23-36(51)44(37(52)24-29)33-11-12-43(63)58-48(33)64/h9-10,23-28,32-33H,6-8,11-22H2,1-5H3,(H,58,63,64)(H2,54,56,57,59). The molecule has 5 aromatic rings. The second-order valence-electron chi connectivity index (χ2n) is 17.9. The molecule has 0 spiro atoms. The number of hydrogen-bond donors (Lipinski definition) is 3. The van der Waals surface area contributed by atoms with Gasteiger partial charge in [0.1, 0.15) is 35.1 Å². The molecule has 2 amide bonds. The first-order valence-electron chi connectivity index (χ1n) is 23.2. The van der Waals surface area contributed by atoms with Crippen LogP contribution in [0.5, 0.6) is 5.75 Å². The third kappa shape index (κ3) is 10.7. The van der Waals surface area contributed by atoms with E-state index in [-0.39, 0.29) is 46.4 Å². The maximum absolute atomic E-state index is 15.6. The second kappa shape index (κ2) is 20.5. The summed E-state index contributed by atoms with van der Waals surface area (Å²) < 4.78 is 65.8. The lowest BCUT2D eigenvalue weighted by molar-refractivity contribution is -0.134. The van der Waals surface area contributed by atoms with Crippen LogP contribution in [0.4, 0.5) is 42.0 Å². The molecule has 1 unspecified atom stereocenters. The summed E-state index contributed by atoms with van der Waals surface area (Å²) in [7, 11) is -2.96. The Morgan fingerprint density at radius 1 is 0.866 bits per heavy atom. The number of piperazine rings is 1. The maximum atomic E-state index is 15.6. The number of imide groups is 1. The van der Waals surface area contributed by atoms with Crippen molar-refractivity contribution in [3.8, 4) is 5.75 Å². The minimum Gasteiger partial charge on any atom is -0.492 e. The summed E-state index contributed by atoms with van der Waals surface area (Å²) in [5, 5.41) is 9.80. The van der Waals surface area contributed by atoms with Crippen molar-refractivity contribution in [2.75, 3.05) is 81.3 Å². The summed E-state index contributed by atoms with van der Waals surface area (Å²) >= 11 is 6.62. The molecule has 3 saturated heterocycles. The molecule has 0 radical (unpaired) electrons. The Hall–Kier alpha value is -5.28. The molecule has 3 fully saturated rings. The Labute approximate surface area is 394 Å². The van der Waals surface area contributed by atoms with Crippen molar-refractivity contribution in [1.29, 1.82) is 0 Å². The van der Waals surface area contributed by atoms with E-state index in [2.05, 4.69) is 64.7 Å². The molecule has 2 aromatic heterocycles. The molecule has 0 bridgehead atoms. The van der Waals surface area contributed by atoms with E-state index >= 15 is 13.2 Å². The fourth-order valence-corrected chi connectivity index (χ4v) is 11.3. The number of nitrogens with one attached hydrogen (secondary N) is 3. The number of rotatable bonds is 15. The summed E-state index contributed by atoms with van der Waals surface area (Å²) in [5.74, 6) is -3.02. The Balaban J connectivity index is 0.894. The van der Waals surface area contributed by atoms with Crippen LogP contribution in [-0.4, -0.2) is 108 Å². The zero-order chi connectivity index (χ0) is 47.6. The van der Waals surface area contributed by atoms with Gasteiger partial charge in [-0.1, -0.05) is 31.5 Å². The first-order chi connectivity index (χ1) is 32.1. The van der Waals surface area contributed by atoms with Crippen LogP contribution in [0.25, 0.3) is 10.9 Å². The summed E-state index contributed by atoms with van der Waals surface area (Å²) in [5.41, 5.74) is 4.41. The molecule has 3 aliphatic heterocycles. The molecule has 18 heteroatoms. The molecule has 67 heavy (non-hydrogen) atoms. The molecule has 3 N–H and O–H groups in total. The molecule has 3 aromatic carbocycles. The zero-order valence-corrected chi connectivity index (χ0v) is 40.3. The van der Waals surface area contributed by atoms with Gasteiger partial charge in [-0.2, -0.15) is 4.98 Å². The lowest BCUT2D eigenvalue weighted by atomic mass is 9.89. The third-order valence-corrected chi connectivity index (χ3v) is 15.0. The number of anilines is 5. The Kier molecular flexibility index (Phi) is 14.8. The highest BCUT2D eigenvalue weighted by atomic mass is 35.5. The molecule has 3 aliphatic rings. The van der Waals surface area contributed by atoms with Gasteiger partial charge in [0.2, 0.25) is 17.8 Å². The summed E-state index contributed by atoms with van der Waals surface area (Å²) in [6.45, 7) is 15.7. The smallest absolute Gasteiger partial charge is 0.234 e. The number of pyridine rings is 1. The summed E-state index contributed by atoms with van der Waals surface area (Å²) in [4.78, 5) is 44.8. The number of fused-ring (bicyclic) bond motifs is 1. The fraction of sp³-hybridized carbons (Fsp3) is 0.449. The molecule has 0 saturated carbocycles. The van der Waals surface area contributed by atoms with Gasteiger partial charge in [0, 0.05) is 98.0 Å². The quantitative estimate of drug-likeness (QED) is 0.0682. The van der Waals surface area contributed by atoms with Gasteiger partial charge in [-0.15, -0.1) is 0 Å². The Morgan fingerprint density at radius 2 is 1.60 bits per heavy atom. The SMILES string of the molecule is CCOc1cc(N2CCC(N3CCN(CCc4cc(F)c(C5CCC(=O)NC5=O)c(F)c4)CC3)CC2)c(CC)cc1Nc1ncc(Cl)c(Nc2cc(F)c3nc(CC)ccc3c2P(C)(C)=O)n1. The average Bonchev–Trinajstić information content (AvgIpc) is 3.30.